The summed E-state index contributed by atoms with van der Waals surface area (Å²) in [5.41, 5.74) is 0.104. The molecule has 1 amide bonds. The number of Topliss-reactive ketones (excluding diaryl/α,β-unsaturated/α-hetero) is 1. The lowest BCUT2D eigenvalue weighted by Crippen LogP contribution is -2.57. The topological polar surface area (TPSA) is 70.1 Å². The first-order valence-electron chi connectivity index (χ1n) is 10.4. The lowest BCUT2D eigenvalue weighted by atomic mass is 9.71. The second-order valence-electron chi connectivity index (χ2n) is 8.64. The quantitative estimate of drug-likeness (QED) is 0.781. The minimum atomic E-state index is -0.283. The van der Waals surface area contributed by atoms with Gasteiger partial charge in [0.05, 0.1) is 15.9 Å². The molecule has 154 valence electrons. The van der Waals surface area contributed by atoms with Crippen LogP contribution in [0.2, 0.25) is 0 Å². The second kappa shape index (κ2) is 8.22. The Kier molecular flexibility index (Phi) is 5.88. The van der Waals surface area contributed by atoms with E-state index in [1.165, 1.54) is 18.3 Å². The van der Waals surface area contributed by atoms with Gasteiger partial charge in [-0.25, -0.2) is 0 Å². The first-order valence-corrected chi connectivity index (χ1v) is 11.2. The van der Waals surface area contributed by atoms with E-state index in [9.17, 15) is 14.7 Å². The Morgan fingerprint density at radius 3 is 2.50 bits per heavy atom. The molecule has 3 saturated heterocycles. The summed E-state index contributed by atoms with van der Waals surface area (Å²) in [6, 6.07) is 4.02. The first kappa shape index (κ1) is 20.0. The maximum absolute atomic E-state index is 12.8. The zero-order valence-electron chi connectivity index (χ0n) is 16.6. The van der Waals surface area contributed by atoms with Crippen LogP contribution < -0.4 is 0 Å². The molecule has 7 heteroatoms. The van der Waals surface area contributed by atoms with Crippen LogP contribution in [0.25, 0.3) is 0 Å². The summed E-state index contributed by atoms with van der Waals surface area (Å²) in [4.78, 5) is 30.0. The standard InChI is InChI=1S/C21H30N2O4S/c1-15(24)18-2-3-19(28-18)20(26)22-8-6-21(7-9-22)12-17(25)13-23(14-21)16-4-10-27-11-5-16/h2-3,16-17,25H,4-14H2,1H3. The molecule has 1 N–H and O–H groups in total. The molecule has 1 aromatic rings. The van der Waals surface area contributed by atoms with Crippen LogP contribution in [-0.4, -0.2) is 78.1 Å². The van der Waals surface area contributed by atoms with Crippen molar-refractivity contribution in [2.24, 2.45) is 5.41 Å². The summed E-state index contributed by atoms with van der Waals surface area (Å²) in [5, 5.41) is 10.6. The highest BCUT2D eigenvalue weighted by Gasteiger charge is 2.44. The average molecular weight is 407 g/mol. The van der Waals surface area contributed by atoms with E-state index >= 15 is 0 Å². The van der Waals surface area contributed by atoms with Crippen molar-refractivity contribution in [1.82, 2.24) is 9.80 Å². The number of thiophene rings is 1. The van der Waals surface area contributed by atoms with Crippen molar-refractivity contribution in [2.75, 3.05) is 39.4 Å². The molecule has 0 saturated carbocycles. The molecule has 1 aromatic heterocycles. The third-order valence-corrected chi connectivity index (χ3v) is 7.81. The molecule has 28 heavy (non-hydrogen) atoms. The van der Waals surface area contributed by atoms with Crippen LogP contribution in [0.4, 0.5) is 0 Å². The third kappa shape index (κ3) is 4.17. The molecule has 3 aliphatic heterocycles. The number of aliphatic hydroxyl groups excluding tert-OH is 1. The van der Waals surface area contributed by atoms with Crippen LogP contribution in [-0.2, 0) is 4.74 Å². The number of carbonyl (C=O) groups is 2. The molecule has 6 nitrogen and oxygen atoms in total. The fourth-order valence-electron chi connectivity index (χ4n) is 5.07. The number of β-amino-alcohol motifs (C(OH)–C–C–N with tert-alkyl or cyclic N) is 1. The van der Waals surface area contributed by atoms with Gasteiger partial charge in [-0.05, 0) is 56.6 Å². The van der Waals surface area contributed by atoms with Crippen LogP contribution in [0.3, 0.4) is 0 Å². The lowest BCUT2D eigenvalue weighted by Gasteiger charge is -2.51. The molecular weight excluding hydrogens is 376 g/mol. The van der Waals surface area contributed by atoms with Gasteiger partial charge >= 0.3 is 0 Å². The second-order valence-corrected chi connectivity index (χ2v) is 9.73. The molecule has 4 rings (SSSR count). The van der Waals surface area contributed by atoms with E-state index in [1.54, 1.807) is 12.1 Å². The normalized spacial score (nSPS) is 26.5. The number of aliphatic hydroxyl groups is 1. The molecule has 1 spiro atoms. The SMILES string of the molecule is CC(=O)c1ccc(C(=O)N2CCC3(CC2)CC(O)CN(C2CCOCC2)C3)s1. The van der Waals surface area contributed by atoms with Gasteiger partial charge in [-0.3, -0.25) is 14.5 Å². The number of ether oxygens (including phenoxy) is 1. The Morgan fingerprint density at radius 2 is 1.86 bits per heavy atom. The van der Waals surface area contributed by atoms with Gasteiger partial charge in [0.2, 0.25) is 0 Å². The minimum Gasteiger partial charge on any atom is -0.392 e. The van der Waals surface area contributed by atoms with Gasteiger partial charge in [-0.2, -0.15) is 0 Å². The number of hydrogen-bond acceptors (Lipinski definition) is 6. The maximum atomic E-state index is 12.8. The predicted octanol–water partition coefficient (Wildman–Crippen LogP) is 2.42. The lowest BCUT2D eigenvalue weighted by molar-refractivity contribution is -0.0694. The molecule has 0 aliphatic carbocycles. The summed E-state index contributed by atoms with van der Waals surface area (Å²) >= 11 is 1.29. The zero-order chi connectivity index (χ0) is 19.7. The predicted molar refractivity (Wildman–Crippen MR) is 108 cm³/mol. The minimum absolute atomic E-state index is 0.00560. The van der Waals surface area contributed by atoms with Crippen molar-refractivity contribution >= 4 is 23.0 Å². The largest absolute Gasteiger partial charge is 0.392 e. The fraction of sp³-hybridized carbons (Fsp3) is 0.714. The smallest absolute Gasteiger partial charge is 0.263 e. The van der Waals surface area contributed by atoms with E-state index < -0.39 is 0 Å². The molecule has 3 aliphatic rings. The Bertz CT molecular complexity index is 720. The molecule has 4 heterocycles. The van der Waals surface area contributed by atoms with E-state index in [0.29, 0.717) is 15.8 Å². The van der Waals surface area contributed by atoms with Gasteiger partial charge in [0, 0.05) is 45.4 Å². The number of ketones is 1. The van der Waals surface area contributed by atoms with E-state index in [2.05, 4.69) is 4.90 Å². The summed E-state index contributed by atoms with van der Waals surface area (Å²) in [6.07, 6.45) is 4.51. The van der Waals surface area contributed by atoms with Gasteiger partial charge in [0.15, 0.2) is 5.78 Å². The number of carbonyl (C=O) groups excluding carboxylic acids is 2. The Labute approximate surface area is 170 Å². The summed E-state index contributed by atoms with van der Waals surface area (Å²) in [6.45, 7) is 6.39. The van der Waals surface area contributed by atoms with Crippen molar-refractivity contribution in [3.8, 4) is 0 Å². The van der Waals surface area contributed by atoms with Gasteiger partial charge in [-0.15, -0.1) is 11.3 Å². The van der Waals surface area contributed by atoms with Crippen LogP contribution in [0, 0.1) is 5.41 Å². The van der Waals surface area contributed by atoms with E-state index in [1.807, 2.05) is 4.90 Å². The number of amides is 1. The Balaban J connectivity index is 1.39. The molecule has 1 unspecified atom stereocenters. The first-order chi connectivity index (χ1) is 13.5. The summed E-state index contributed by atoms with van der Waals surface area (Å²) in [7, 11) is 0. The van der Waals surface area contributed by atoms with Crippen molar-refractivity contribution in [2.45, 2.75) is 51.2 Å². The molecule has 0 radical (unpaired) electrons. The number of likely N-dealkylation sites (tertiary alicyclic amines) is 2. The summed E-state index contributed by atoms with van der Waals surface area (Å²) in [5.74, 6) is 0.0380. The monoisotopic (exact) mass is 406 g/mol. The van der Waals surface area contributed by atoms with Crippen LogP contribution in [0.5, 0.6) is 0 Å². The van der Waals surface area contributed by atoms with Crippen LogP contribution in [0.1, 0.15) is 58.4 Å². The van der Waals surface area contributed by atoms with Crippen molar-refractivity contribution < 1.29 is 19.4 Å². The van der Waals surface area contributed by atoms with Gasteiger partial charge < -0.3 is 14.7 Å². The van der Waals surface area contributed by atoms with Crippen LogP contribution >= 0.6 is 11.3 Å². The number of hydrogen-bond donors (Lipinski definition) is 1. The summed E-state index contributed by atoms with van der Waals surface area (Å²) < 4.78 is 5.50. The number of piperidine rings is 2. The molecule has 0 aromatic carbocycles. The highest BCUT2D eigenvalue weighted by Crippen LogP contribution is 2.41. The molecular formula is C21H30N2O4S. The third-order valence-electron chi connectivity index (χ3n) is 6.63. The van der Waals surface area contributed by atoms with Crippen molar-refractivity contribution in [3.05, 3.63) is 21.9 Å². The van der Waals surface area contributed by atoms with Crippen molar-refractivity contribution in [3.63, 3.8) is 0 Å². The van der Waals surface area contributed by atoms with Crippen molar-refractivity contribution in [1.29, 1.82) is 0 Å². The van der Waals surface area contributed by atoms with E-state index in [4.69, 9.17) is 4.74 Å². The molecule has 1 atom stereocenters. The highest BCUT2D eigenvalue weighted by atomic mass is 32.1. The van der Waals surface area contributed by atoms with Gasteiger partial charge in [0.1, 0.15) is 0 Å². The Morgan fingerprint density at radius 1 is 1.18 bits per heavy atom. The Hall–Kier alpha value is -1.28. The molecule has 0 bridgehead atoms. The van der Waals surface area contributed by atoms with Gasteiger partial charge in [0.25, 0.3) is 5.91 Å². The highest BCUT2D eigenvalue weighted by molar-refractivity contribution is 7.15. The number of nitrogens with zero attached hydrogens (tertiary/aromatic N) is 2. The van der Waals surface area contributed by atoms with Crippen LogP contribution in [0.15, 0.2) is 12.1 Å². The van der Waals surface area contributed by atoms with E-state index in [0.717, 1.165) is 71.5 Å². The van der Waals surface area contributed by atoms with E-state index in [-0.39, 0.29) is 23.2 Å². The molecule has 3 fully saturated rings. The zero-order valence-corrected chi connectivity index (χ0v) is 17.4. The average Bonchev–Trinajstić information content (AvgIpc) is 3.19. The number of rotatable bonds is 3. The van der Waals surface area contributed by atoms with Gasteiger partial charge in [-0.1, -0.05) is 0 Å². The maximum Gasteiger partial charge on any atom is 0.263 e. The fourth-order valence-corrected chi connectivity index (χ4v) is 5.94.